The highest BCUT2D eigenvalue weighted by molar-refractivity contribution is 5.68. The summed E-state index contributed by atoms with van der Waals surface area (Å²) in [6.07, 6.45) is 0.221. The van der Waals surface area contributed by atoms with Gasteiger partial charge in [0.2, 0.25) is 0 Å². The van der Waals surface area contributed by atoms with Crippen LogP contribution in [0.1, 0.15) is 38.8 Å². The molecule has 0 unspecified atom stereocenters. The summed E-state index contributed by atoms with van der Waals surface area (Å²) in [6, 6.07) is 11.1. The summed E-state index contributed by atoms with van der Waals surface area (Å²) < 4.78 is 17.0. The van der Waals surface area contributed by atoms with Gasteiger partial charge in [0, 0.05) is 31.3 Å². The van der Waals surface area contributed by atoms with Crippen molar-refractivity contribution >= 4 is 22.7 Å². The summed E-state index contributed by atoms with van der Waals surface area (Å²) in [7, 11) is 1.55. The molecule has 0 aliphatic rings. The fourth-order valence-corrected chi connectivity index (χ4v) is 3.25. The maximum absolute atomic E-state index is 11.1. The molecular formula is C25H30N6O5. The van der Waals surface area contributed by atoms with Crippen LogP contribution in [0.15, 0.2) is 40.6 Å². The van der Waals surface area contributed by atoms with Gasteiger partial charge in [-0.1, -0.05) is 0 Å². The predicted octanol–water partition coefficient (Wildman–Crippen LogP) is 5.42. The summed E-state index contributed by atoms with van der Waals surface area (Å²) in [4.78, 5) is 12.5. The van der Waals surface area contributed by atoms with Gasteiger partial charge >= 0.3 is 0 Å². The number of nitrogens with zero attached hydrogens (tertiary/aromatic N) is 6. The molecule has 36 heavy (non-hydrogen) atoms. The van der Waals surface area contributed by atoms with Crippen LogP contribution in [0, 0.1) is 32.8 Å². The van der Waals surface area contributed by atoms with Crippen molar-refractivity contribution in [3.63, 3.8) is 0 Å². The second kappa shape index (κ2) is 13.7. The maximum Gasteiger partial charge on any atom is 0.272 e. The standard InChI is InChI=1S/C25H30N6O5/c1-17(2)35-10-8-30(9-11-36-18(3)4)23-7-6-21(14-24(23)34-5)28-29-25-19(15-26)12-22(31(32)33)13-20(25)16-27/h6-7,12-14,17-18H,8-11H2,1-5H3. The third-order valence-corrected chi connectivity index (χ3v) is 4.94. The fourth-order valence-electron chi connectivity index (χ4n) is 3.25. The first-order valence-corrected chi connectivity index (χ1v) is 11.4. The molecule has 0 heterocycles. The number of hydrogen-bond acceptors (Lipinski definition) is 10. The topological polar surface area (TPSA) is 146 Å². The monoisotopic (exact) mass is 494 g/mol. The lowest BCUT2D eigenvalue weighted by Crippen LogP contribution is -2.32. The second-order valence-electron chi connectivity index (χ2n) is 8.25. The van der Waals surface area contributed by atoms with Crippen molar-refractivity contribution in [3.05, 3.63) is 51.6 Å². The smallest absolute Gasteiger partial charge is 0.272 e. The van der Waals surface area contributed by atoms with E-state index in [1.165, 1.54) is 0 Å². The van der Waals surface area contributed by atoms with Crippen LogP contribution in [0.2, 0.25) is 0 Å². The number of benzene rings is 2. The highest BCUT2D eigenvalue weighted by Crippen LogP contribution is 2.35. The molecule has 0 amide bonds. The fraction of sp³-hybridized carbons (Fsp3) is 0.440. The molecule has 0 aliphatic heterocycles. The van der Waals surface area contributed by atoms with Crippen LogP contribution in [0.4, 0.5) is 22.7 Å². The molecule has 0 N–H and O–H groups in total. The van der Waals surface area contributed by atoms with Crippen molar-refractivity contribution < 1.29 is 19.1 Å². The minimum Gasteiger partial charge on any atom is -0.495 e. The van der Waals surface area contributed by atoms with Crippen LogP contribution >= 0.6 is 0 Å². The van der Waals surface area contributed by atoms with Gasteiger partial charge in [0.1, 0.15) is 23.6 Å². The Morgan fingerprint density at radius 3 is 1.97 bits per heavy atom. The zero-order valence-electron chi connectivity index (χ0n) is 21.1. The first kappa shape index (κ1) is 28.2. The predicted molar refractivity (Wildman–Crippen MR) is 134 cm³/mol. The Morgan fingerprint density at radius 2 is 1.53 bits per heavy atom. The van der Waals surface area contributed by atoms with Crippen molar-refractivity contribution in [1.82, 2.24) is 0 Å². The zero-order chi connectivity index (χ0) is 26.7. The van der Waals surface area contributed by atoms with Crippen LogP contribution in [-0.2, 0) is 9.47 Å². The number of anilines is 1. The maximum atomic E-state index is 11.1. The normalized spacial score (nSPS) is 11.0. The molecule has 0 saturated carbocycles. The average molecular weight is 495 g/mol. The number of hydrogen-bond donors (Lipinski definition) is 0. The van der Waals surface area contributed by atoms with Gasteiger partial charge in [0.15, 0.2) is 0 Å². The lowest BCUT2D eigenvalue weighted by Gasteiger charge is -2.27. The average Bonchev–Trinajstić information content (AvgIpc) is 2.85. The molecule has 2 aromatic rings. The number of non-ortho nitro benzene ring substituents is 1. The molecule has 2 aromatic carbocycles. The summed E-state index contributed by atoms with van der Waals surface area (Å²) >= 11 is 0. The minimum absolute atomic E-state index is 0.0352. The van der Waals surface area contributed by atoms with Crippen molar-refractivity contribution in [3.8, 4) is 17.9 Å². The van der Waals surface area contributed by atoms with Gasteiger partial charge in [-0.25, -0.2) is 0 Å². The van der Waals surface area contributed by atoms with Gasteiger partial charge in [0.25, 0.3) is 5.69 Å². The van der Waals surface area contributed by atoms with E-state index in [-0.39, 0.29) is 34.7 Å². The van der Waals surface area contributed by atoms with Crippen molar-refractivity contribution in [2.75, 3.05) is 38.3 Å². The van der Waals surface area contributed by atoms with Crippen LogP contribution in [0.25, 0.3) is 0 Å². The Bertz CT molecular complexity index is 1120. The molecule has 2 rings (SSSR count). The van der Waals surface area contributed by atoms with Crippen LogP contribution in [0.5, 0.6) is 5.75 Å². The molecule has 11 heteroatoms. The van der Waals surface area contributed by atoms with E-state index < -0.39 is 4.92 Å². The quantitative estimate of drug-likeness (QED) is 0.204. The van der Waals surface area contributed by atoms with Gasteiger partial charge < -0.3 is 19.1 Å². The summed E-state index contributed by atoms with van der Waals surface area (Å²) in [5.74, 6) is 0.547. The molecule has 0 aromatic heterocycles. The van der Waals surface area contributed by atoms with E-state index in [0.717, 1.165) is 17.8 Å². The van der Waals surface area contributed by atoms with Crippen LogP contribution in [0.3, 0.4) is 0 Å². The number of nitro groups is 1. The third kappa shape index (κ3) is 8.01. The first-order valence-electron chi connectivity index (χ1n) is 11.4. The number of ether oxygens (including phenoxy) is 3. The number of methoxy groups -OCH3 is 1. The Hall–Kier alpha value is -4.06. The van der Waals surface area contributed by atoms with Crippen molar-refractivity contribution in [2.45, 2.75) is 39.9 Å². The molecular weight excluding hydrogens is 464 g/mol. The highest BCUT2D eigenvalue weighted by atomic mass is 16.6. The van der Waals surface area contributed by atoms with E-state index >= 15 is 0 Å². The molecule has 0 spiro atoms. The van der Waals surface area contributed by atoms with Crippen LogP contribution < -0.4 is 9.64 Å². The molecule has 190 valence electrons. The van der Waals surface area contributed by atoms with E-state index in [2.05, 4.69) is 15.1 Å². The van der Waals surface area contributed by atoms with Gasteiger partial charge in [-0.05, 0) is 39.8 Å². The molecule has 0 aliphatic carbocycles. The third-order valence-electron chi connectivity index (χ3n) is 4.94. The number of nitriles is 2. The van der Waals surface area contributed by atoms with Gasteiger partial charge in [-0.3, -0.25) is 10.1 Å². The summed E-state index contributed by atoms with van der Waals surface area (Å²) in [5.41, 5.74) is 0.604. The first-order chi connectivity index (χ1) is 17.2. The van der Waals surface area contributed by atoms with E-state index in [4.69, 9.17) is 14.2 Å². The molecule has 0 saturated heterocycles. The Balaban J connectivity index is 2.36. The van der Waals surface area contributed by atoms with Gasteiger partial charge in [-0.15, -0.1) is 5.11 Å². The van der Waals surface area contributed by atoms with Crippen molar-refractivity contribution in [1.29, 1.82) is 10.5 Å². The van der Waals surface area contributed by atoms with E-state index in [1.54, 1.807) is 19.2 Å². The minimum atomic E-state index is -0.670. The molecule has 0 atom stereocenters. The van der Waals surface area contributed by atoms with Crippen molar-refractivity contribution in [2.24, 2.45) is 10.2 Å². The van der Waals surface area contributed by atoms with Gasteiger partial charge in [-0.2, -0.15) is 15.6 Å². The Morgan fingerprint density at radius 1 is 0.972 bits per heavy atom. The van der Waals surface area contributed by atoms with E-state index in [9.17, 15) is 20.6 Å². The highest BCUT2D eigenvalue weighted by Gasteiger charge is 2.17. The number of azo groups is 1. The van der Waals surface area contributed by atoms with E-state index in [0.29, 0.717) is 37.7 Å². The molecule has 0 fully saturated rings. The lowest BCUT2D eigenvalue weighted by atomic mass is 10.1. The zero-order valence-corrected chi connectivity index (χ0v) is 21.1. The SMILES string of the molecule is COc1cc(N=Nc2c(C#N)cc([N+](=O)[O-])cc2C#N)ccc1N(CCOC(C)C)CCOC(C)C. The van der Waals surface area contributed by atoms with E-state index in [1.807, 2.05) is 45.9 Å². The summed E-state index contributed by atoms with van der Waals surface area (Å²) in [6.45, 7) is 10.2. The van der Waals surface area contributed by atoms with Crippen LogP contribution in [-0.4, -0.2) is 50.5 Å². The molecule has 0 radical (unpaired) electrons. The largest absolute Gasteiger partial charge is 0.495 e. The summed E-state index contributed by atoms with van der Waals surface area (Å²) in [5, 5.41) is 38.1. The molecule has 0 bridgehead atoms. The number of rotatable bonds is 13. The second-order valence-corrected chi connectivity index (χ2v) is 8.25. The van der Waals surface area contributed by atoms with Gasteiger partial charge in [0.05, 0.1) is 60.0 Å². The Kier molecular flexibility index (Phi) is 10.7. The Labute approximate surface area is 210 Å². The lowest BCUT2D eigenvalue weighted by molar-refractivity contribution is -0.384. The molecule has 11 nitrogen and oxygen atoms in total. The number of nitro benzene ring substituents is 1.